The van der Waals surface area contributed by atoms with Gasteiger partial charge in [0.05, 0.1) is 0 Å². The summed E-state index contributed by atoms with van der Waals surface area (Å²) in [6.07, 6.45) is 1.69. The summed E-state index contributed by atoms with van der Waals surface area (Å²) in [7, 11) is 0. The monoisotopic (exact) mass is 246 g/mol. The van der Waals surface area contributed by atoms with Crippen molar-refractivity contribution in [2.24, 2.45) is 5.92 Å². The molecule has 0 aromatic heterocycles. The maximum absolute atomic E-state index is 12.0. The smallest absolute Gasteiger partial charge is 0.163 e. The van der Waals surface area contributed by atoms with Gasteiger partial charge in [-0.15, -0.1) is 0 Å². The molecule has 0 amide bonds. The predicted octanol–water partition coefficient (Wildman–Crippen LogP) is 3.17. The Labute approximate surface area is 107 Å². The van der Waals surface area contributed by atoms with E-state index in [-0.39, 0.29) is 5.78 Å². The molecule has 96 valence electrons. The lowest BCUT2D eigenvalue weighted by Crippen LogP contribution is -2.16. The van der Waals surface area contributed by atoms with Crippen LogP contribution in [0.5, 0.6) is 11.5 Å². The first-order chi connectivity index (χ1) is 8.65. The van der Waals surface area contributed by atoms with E-state index in [2.05, 4.69) is 13.8 Å². The third-order valence-electron chi connectivity index (χ3n) is 3.64. The molecular weight excluding hydrogens is 228 g/mol. The van der Waals surface area contributed by atoms with Crippen LogP contribution in [0.2, 0.25) is 0 Å². The van der Waals surface area contributed by atoms with E-state index in [1.54, 1.807) is 0 Å². The second-order valence-corrected chi connectivity index (χ2v) is 5.54. The minimum Gasteiger partial charge on any atom is -0.486 e. The van der Waals surface area contributed by atoms with Crippen LogP contribution in [-0.4, -0.2) is 19.0 Å². The lowest BCUT2D eigenvalue weighted by atomic mass is 9.91. The van der Waals surface area contributed by atoms with Crippen LogP contribution in [0.25, 0.3) is 0 Å². The number of Topliss-reactive ketones (excluding diaryl/α,β-unsaturated/α-hetero) is 1. The van der Waals surface area contributed by atoms with Crippen molar-refractivity contribution in [1.82, 2.24) is 0 Å². The van der Waals surface area contributed by atoms with E-state index in [1.807, 2.05) is 12.1 Å². The van der Waals surface area contributed by atoms with Crippen LogP contribution in [0.1, 0.15) is 48.5 Å². The van der Waals surface area contributed by atoms with Crippen LogP contribution >= 0.6 is 0 Å². The molecule has 18 heavy (non-hydrogen) atoms. The van der Waals surface area contributed by atoms with Gasteiger partial charge in [0.15, 0.2) is 17.3 Å². The summed E-state index contributed by atoms with van der Waals surface area (Å²) in [5.74, 6) is 2.71. The van der Waals surface area contributed by atoms with E-state index in [9.17, 15) is 4.79 Å². The standard InChI is InChI=1S/C15H18O3/c1-9(2)5-10-6-13(16)12-8-15-14(7-11(10)12)17-3-4-18-15/h7-10H,3-6H2,1-2H3. The van der Waals surface area contributed by atoms with Gasteiger partial charge in [-0.25, -0.2) is 0 Å². The van der Waals surface area contributed by atoms with Gasteiger partial charge in [-0.05, 0) is 36.0 Å². The fourth-order valence-corrected chi connectivity index (χ4v) is 2.91. The normalized spacial score (nSPS) is 21.3. The predicted molar refractivity (Wildman–Crippen MR) is 68.6 cm³/mol. The highest BCUT2D eigenvalue weighted by molar-refractivity contribution is 6.02. The quantitative estimate of drug-likeness (QED) is 0.804. The number of hydrogen-bond donors (Lipinski definition) is 0. The zero-order valence-corrected chi connectivity index (χ0v) is 10.9. The van der Waals surface area contributed by atoms with Gasteiger partial charge in [-0.2, -0.15) is 0 Å². The molecule has 1 aromatic rings. The Kier molecular flexibility index (Phi) is 2.77. The Balaban J connectivity index is 2.00. The minimum absolute atomic E-state index is 0.243. The van der Waals surface area contributed by atoms with Gasteiger partial charge in [0.1, 0.15) is 13.2 Å². The SMILES string of the molecule is CC(C)CC1CC(=O)c2cc3c(cc21)OCCO3. The second-order valence-electron chi connectivity index (χ2n) is 5.54. The summed E-state index contributed by atoms with van der Waals surface area (Å²) < 4.78 is 11.1. The van der Waals surface area contributed by atoms with E-state index in [0.717, 1.165) is 29.0 Å². The molecule has 0 saturated carbocycles. The molecular formula is C15H18O3. The Bertz CT molecular complexity index is 491. The average Bonchev–Trinajstić information content (AvgIpc) is 2.63. The van der Waals surface area contributed by atoms with Crippen molar-refractivity contribution in [2.75, 3.05) is 13.2 Å². The number of rotatable bonds is 2. The highest BCUT2D eigenvalue weighted by Gasteiger charge is 2.32. The summed E-state index contributed by atoms with van der Waals surface area (Å²) in [5, 5.41) is 0. The molecule has 1 heterocycles. The van der Waals surface area contributed by atoms with Crippen LogP contribution in [0.4, 0.5) is 0 Å². The van der Waals surface area contributed by atoms with Crippen LogP contribution < -0.4 is 9.47 Å². The van der Waals surface area contributed by atoms with Gasteiger partial charge < -0.3 is 9.47 Å². The van der Waals surface area contributed by atoms with E-state index in [4.69, 9.17) is 9.47 Å². The molecule has 0 fully saturated rings. The van der Waals surface area contributed by atoms with E-state index in [0.29, 0.717) is 31.5 Å². The molecule has 1 aromatic carbocycles. The molecule has 0 spiro atoms. The zero-order chi connectivity index (χ0) is 12.7. The Morgan fingerprint density at radius 1 is 1.22 bits per heavy atom. The van der Waals surface area contributed by atoms with Gasteiger partial charge in [0.2, 0.25) is 0 Å². The zero-order valence-electron chi connectivity index (χ0n) is 10.9. The van der Waals surface area contributed by atoms with Crippen molar-refractivity contribution >= 4 is 5.78 Å². The largest absolute Gasteiger partial charge is 0.486 e. The highest BCUT2D eigenvalue weighted by atomic mass is 16.6. The lowest BCUT2D eigenvalue weighted by Gasteiger charge is -2.20. The Morgan fingerprint density at radius 2 is 1.89 bits per heavy atom. The summed E-state index contributed by atoms with van der Waals surface area (Å²) in [6, 6.07) is 3.88. The Morgan fingerprint density at radius 3 is 2.56 bits per heavy atom. The third kappa shape index (κ3) is 1.88. The van der Waals surface area contributed by atoms with E-state index in [1.165, 1.54) is 0 Å². The van der Waals surface area contributed by atoms with Crippen molar-refractivity contribution < 1.29 is 14.3 Å². The van der Waals surface area contributed by atoms with Crippen molar-refractivity contribution in [1.29, 1.82) is 0 Å². The van der Waals surface area contributed by atoms with Crippen LogP contribution in [0.15, 0.2) is 12.1 Å². The van der Waals surface area contributed by atoms with Crippen molar-refractivity contribution in [3.63, 3.8) is 0 Å². The van der Waals surface area contributed by atoms with Crippen LogP contribution in [0, 0.1) is 5.92 Å². The van der Waals surface area contributed by atoms with E-state index >= 15 is 0 Å². The number of benzene rings is 1. The fraction of sp³-hybridized carbons (Fsp3) is 0.533. The number of carbonyl (C=O) groups excluding carboxylic acids is 1. The maximum Gasteiger partial charge on any atom is 0.163 e. The number of carbonyl (C=O) groups is 1. The van der Waals surface area contributed by atoms with Gasteiger partial charge in [-0.3, -0.25) is 4.79 Å². The average molecular weight is 246 g/mol. The highest BCUT2D eigenvalue weighted by Crippen LogP contribution is 2.43. The summed E-state index contributed by atoms with van der Waals surface area (Å²) in [4.78, 5) is 12.0. The van der Waals surface area contributed by atoms with E-state index < -0.39 is 0 Å². The molecule has 1 unspecified atom stereocenters. The molecule has 1 atom stereocenters. The first-order valence-electron chi connectivity index (χ1n) is 6.62. The molecule has 0 radical (unpaired) electrons. The number of ketones is 1. The van der Waals surface area contributed by atoms with Crippen molar-refractivity contribution in [2.45, 2.75) is 32.6 Å². The molecule has 1 aliphatic heterocycles. The topological polar surface area (TPSA) is 35.5 Å². The summed E-state index contributed by atoms with van der Waals surface area (Å²) in [6.45, 7) is 5.55. The van der Waals surface area contributed by atoms with Gasteiger partial charge in [0.25, 0.3) is 0 Å². The summed E-state index contributed by atoms with van der Waals surface area (Å²) in [5.41, 5.74) is 1.99. The molecule has 1 aliphatic carbocycles. The molecule has 0 saturated heterocycles. The molecule has 0 bridgehead atoms. The van der Waals surface area contributed by atoms with Crippen molar-refractivity contribution in [3.05, 3.63) is 23.3 Å². The number of ether oxygens (including phenoxy) is 2. The molecule has 2 aliphatic rings. The second kappa shape index (κ2) is 4.30. The van der Waals surface area contributed by atoms with Gasteiger partial charge >= 0.3 is 0 Å². The van der Waals surface area contributed by atoms with Crippen LogP contribution in [0.3, 0.4) is 0 Å². The molecule has 3 heteroatoms. The van der Waals surface area contributed by atoms with Gasteiger partial charge in [0, 0.05) is 12.0 Å². The minimum atomic E-state index is 0.243. The van der Waals surface area contributed by atoms with Crippen LogP contribution in [-0.2, 0) is 0 Å². The number of hydrogen-bond acceptors (Lipinski definition) is 3. The third-order valence-corrected chi connectivity index (χ3v) is 3.64. The summed E-state index contributed by atoms with van der Waals surface area (Å²) >= 11 is 0. The molecule has 0 N–H and O–H groups in total. The fourth-order valence-electron chi connectivity index (χ4n) is 2.91. The maximum atomic E-state index is 12.0. The number of fused-ring (bicyclic) bond motifs is 2. The molecule has 3 nitrogen and oxygen atoms in total. The first kappa shape index (κ1) is 11.6. The van der Waals surface area contributed by atoms with Crippen molar-refractivity contribution in [3.8, 4) is 11.5 Å². The molecule has 3 rings (SSSR count). The lowest BCUT2D eigenvalue weighted by molar-refractivity contribution is 0.0986. The van der Waals surface area contributed by atoms with Gasteiger partial charge in [-0.1, -0.05) is 13.8 Å². The Hall–Kier alpha value is -1.51. The first-order valence-corrected chi connectivity index (χ1v) is 6.62.